The monoisotopic (exact) mass is 362 g/mol. The number of nitrogens with zero attached hydrogens (tertiary/aromatic N) is 2. The minimum absolute atomic E-state index is 0.0543. The van der Waals surface area contributed by atoms with Crippen LogP contribution in [0, 0.1) is 0 Å². The van der Waals surface area contributed by atoms with E-state index in [9.17, 15) is 14.4 Å². The summed E-state index contributed by atoms with van der Waals surface area (Å²) in [5.41, 5.74) is 0.467. The average molecular weight is 362 g/mol. The fourth-order valence-corrected chi connectivity index (χ4v) is 3.28. The molecule has 7 nitrogen and oxygen atoms in total. The fourth-order valence-electron chi connectivity index (χ4n) is 2.27. The van der Waals surface area contributed by atoms with Gasteiger partial charge in [0, 0.05) is 13.1 Å². The lowest BCUT2D eigenvalue weighted by molar-refractivity contribution is -0.119. The van der Waals surface area contributed by atoms with E-state index in [1.165, 1.54) is 7.05 Å². The molecule has 0 unspecified atom stereocenters. The normalized spacial score (nSPS) is 13.3. The summed E-state index contributed by atoms with van der Waals surface area (Å²) in [6.45, 7) is 5.60. The van der Waals surface area contributed by atoms with Crippen molar-refractivity contribution >= 4 is 34.6 Å². The molecule has 1 aromatic heterocycles. The number of carbonyl (C=O) groups excluding carboxylic acids is 2. The van der Waals surface area contributed by atoms with Gasteiger partial charge in [0.2, 0.25) is 5.91 Å². The lowest BCUT2D eigenvalue weighted by atomic mass is 10.2. The first-order valence-corrected chi connectivity index (χ1v) is 8.97. The van der Waals surface area contributed by atoms with Gasteiger partial charge in [-0.25, -0.2) is 9.78 Å². The topological polar surface area (TPSA) is 93.1 Å². The number of imide groups is 1. The number of thioether (sulfide) groups is 1. The Morgan fingerprint density at radius 3 is 2.60 bits per heavy atom. The molecule has 25 heavy (non-hydrogen) atoms. The highest BCUT2D eigenvalue weighted by Gasteiger charge is 2.22. The van der Waals surface area contributed by atoms with E-state index in [0.29, 0.717) is 16.1 Å². The predicted molar refractivity (Wildman–Crippen MR) is 98.9 cm³/mol. The van der Waals surface area contributed by atoms with E-state index in [0.717, 1.165) is 18.2 Å². The molecule has 0 bridgehead atoms. The van der Waals surface area contributed by atoms with Gasteiger partial charge in [-0.3, -0.25) is 19.5 Å². The molecule has 1 heterocycles. The fraction of sp³-hybridized carbons (Fsp3) is 0.412. The first-order chi connectivity index (χ1) is 11.9. The number of fused-ring (bicyclic) bond motifs is 1. The number of amides is 3. The van der Waals surface area contributed by atoms with Crippen LogP contribution in [0.3, 0.4) is 0 Å². The van der Waals surface area contributed by atoms with E-state index in [2.05, 4.69) is 15.6 Å². The van der Waals surface area contributed by atoms with Crippen molar-refractivity contribution in [1.82, 2.24) is 20.2 Å². The number of benzene rings is 1. The van der Waals surface area contributed by atoms with Crippen LogP contribution < -0.4 is 16.2 Å². The minimum atomic E-state index is -0.583. The number of hydrogen-bond donors (Lipinski definition) is 2. The Morgan fingerprint density at radius 2 is 1.96 bits per heavy atom. The van der Waals surface area contributed by atoms with Crippen LogP contribution >= 0.6 is 11.8 Å². The van der Waals surface area contributed by atoms with Crippen molar-refractivity contribution in [1.29, 1.82) is 0 Å². The van der Waals surface area contributed by atoms with Gasteiger partial charge in [0.05, 0.1) is 16.2 Å². The van der Waals surface area contributed by atoms with Crippen LogP contribution in [-0.4, -0.2) is 33.8 Å². The Morgan fingerprint density at radius 1 is 1.28 bits per heavy atom. The molecule has 2 atom stereocenters. The van der Waals surface area contributed by atoms with E-state index in [1.807, 2.05) is 19.9 Å². The summed E-state index contributed by atoms with van der Waals surface area (Å²) >= 11 is 1.16. The largest absolute Gasteiger partial charge is 0.341 e. The molecule has 0 spiro atoms. The summed E-state index contributed by atoms with van der Waals surface area (Å²) in [5, 5.41) is 5.01. The average Bonchev–Trinajstić information content (AvgIpc) is 2.61. The molecule has 0 radical (unpaired) electrons. The maximum atomic E-state index is 12.9. The van der Waals surface area contributed by atoms with Gasteiger partial charge in [-0.15, -0.1) is 0 Å². The number of carbonyl (C=O) groups is 2. The standard InChI is InChI=1S/C17H22N4O3S/c1-5-10(2)21-15(23)12-8-6-7-9-13(12)19-17(21)25-11(3)14(22)20-16(24)18-4/h6-11H,5H2,1-4H3,(H2,18,20,22,24)/t10-,11-/m1/s1. The number of nitrogens with one attached hydrogen (secondary N) is 2. The second kappa shape index (κ2) is 8.15. The first-order valence-electron chi connectivity index (χ1n) is 8.09. The van der Waals surface area contributed by atoms with Crippen molar-refractivity contribution in [3.05, 3.63) is 34.6 Å². The lowest BCUT2D eigenvalue weighted by Crippen LogP contribution is -2.41. The van der Waals surface area contributed by atoms with Gasteiger partial charge in [0.15, 0.2) is 5.16 Å². The molecule has 0 aliphatic rings. The van der Waals surface area contributed by atoms with Crippen LogP contribution in [0.25, 0.3) is 10.9 Å². The molecule has 2 N–H and O–H groups in total. The molecule has 0 saturated carbocycles. The summed E-state index contributed by atoms with van der Waals surface area (Å²) in [7, 11) is 1.44. The van der Waals surface area contributed by atoms with Crippen molar-refractivity contribution in [2.45, 2.75) is 43.6 Å². The Hall–Kier alpha value is -2.35. The molecule has 0 saturated heterocycles. The van der Waals surface area contributed by atoms with Gasteiger partial charge >= 0.3 is 6.03 Å². The summed E-state index contributed by atoms with van der Waals surface area (Å²) in [6.07, 6.45) is 0.756. The number of aromatic nitrogens is 2. The number of rotatable bonds is 5. The van der Waals surface area contributed by atoms with Crippen molar-refractivity contribution in [3.63, 3.8) is 0 Å². The van der Waals surface area contributed by atoms with Gasteiger partial charge < -0.3 is 5.32 Å². The first kappa shape index (κ1) is 19.0. The molecule has 8 heteroatoms. The maximum absolute atomic E-state index is 12.9. The third-order valence-corrected chi connectivity index (χ3v) is 4.99. The SMILES string of the molecule is CC[C@@H](C)n1c(S[C@H](C)C(=O)NC(=O)NC)nc2ccccc2c1=O. The quantitative estimate of drug-likeness (QED) is 0.629. The number of hydrogen-bond acceptors (Lipinski definition) is 5. The minimum Gasteiger partial charge on any atom is -0.341 e. The number of para-hydroxylation sites is 1. The van der Waals surface area contributed by atoms with Gasteiger partial charge in [-0.2, -0.15) is 0 Å². The lowest BCUT2D eigenvalue weighted by Gasteiger charge is -2.20. The van der Waals surface area contributed by atoms with Gasteiger partial charge in [0.1, 0.15) is 0 Å². The predicted octanol–water partition coefficient (Wildman–Crippen LogP) is 2.30. The van der Waals surface area contributed by atoms with Crippen LogP contribution in [0.4, 0.5) is 4.79 Å². The van der Waals surface area contributed by atoms with Gasteiger partial charge in [-0.1, -0.05) is 30.8 Å². The summed E-state index contributed by atoms with van der Waals surface area (Å²) in [5.74, 6) is -0.442. The molecule has 0 fully saturated rings. The molecule has 1 aromatic carbocycles. The van der Waals surface area contributed by atoms with Crippen molar-refractivity contribution in [2.75, 3.05) is 7.05 Å². The molecule has 0 aliphatic carbocycles. The van der Waals surface area contributed by atoms with E-state index < -0.39 is 17.2 Å². The van der Waals surface area contributed by atoms with E-state index >= 15 is 0 Å². The maximum Gasteiger partial charge on any atom is 0.321 e. The van der Waals surface area contributed by atoms with Crippen molar-refractivity contribution in [2.24, 2.45) is 0 Å². The second-order valence-corrected chi connectivity index (χ2v) is 6.98. The van der Waals surface area contributed by atoms with Crippen LogP contribution in [-0.2, 0) is 4.79 Å². The highest BCUT2D eigenvalue weighted by Crippen LogP contribution is 2.25. The Balaban J connectivity index is 2.43. The zero-order chi connectivity index (χ0) is 18.6. The Kier molecular flexibility index (Phi) is 6.19. The molecule has 2 aromatic rings. The van der Waals surface area contributed by atoms with E-state index in [-0.39, 0.29) is 11.6 Å². The second-order valence-electron chi connectivity index (χ2n) is 5.67. The third-order valence-electron chi connectivity index (χ3n) is 3.92. The van der Waals surface area contributed by atoms with E-state index in [1.54, 1.807) is 29.7 Å². The zero-order valence-corrected chi connectivity index (χ0v) is 15.5. The zero-order valence-electron chi connectivity index (χ0n) is 14.7. The molecule has 3 amide bonds. The highest BCUT2D eigenvalue weighted by molar-refractivity contribution is 8.00. The summed E-state index contributed by atoms with van der Waals surface area (Å²) in [6, 6.07) is 6.53. The van der Waals surface area contributed by atoms with Crippen molar-refractivity contribution in [3.8, 4) is 0 Å². The van der Waals surface area contributed by atoms with Gasteiger partial charge in [0.25, 0.3) is 5.56 Å². The van der Waals surface area contributed by atoms with Crippen LogP contribution in [0.1, 0.15) is 33.2 Å². The van der Waals surface area contributed by atoms with Crippen molar-refractivity contribution < 1.29 is 9.59 Å². The van der Waals surface area contributed by atoms with Crippen LogP contribution in [0.2, 0.25) is 0 Å². The molecule has 2 rings (SSSR count). The Labute approximate surface area is 150 Å². The third kappa shape index (κ3) is 4.19. The molecular weight excluding hydrogens is 340 g/mol. The molecular formula is C17H22N4O3S. The van der Waals surface area contributed by atoms with Gasteiger partial charge in [-0.05, 0) is 32.4 Å². The smallest absolute Gasteiger partial charge is 0.321 e. The Bertz CT molecular complexity index is 849. The highest BCUT2D eigenvalue weighted by atomic mass is 32.2. The summed E-state index contributed by atoms with van der Waals surface area (Å²) in [4.78, 5) is 40.9. The van der Waals surface area contributed by atoms with E-state index in [4.69, 9.17) is 0 Å². The molecule has 134 valence electrons. The number of urea groups is 1. The summed E-state index contributed by atoms with van der Waals surface area (Å²) < 4.78 is 1.62. The molecule has 0 aliphatic heterocycles. The van der Waals surface area contributed by atoms with Crippen LogP contribution in [0.15, 0.2) is 34.2 Å². The van der Waals surface area contributed by atoms with Crippen LogP contribution in [0.5, 0.6) is 0 Å².